The Morgan fingerprint density at radius 1 is 1.45 bits per heavy atom. The van der Waals surface area contributed by atoms with E-state index >= 15 is 0 Å². The van der Waals surface area contributed by atoms with E-state index in [9.17, 15) is 8.42 Å². The number of hydrogen-bond acceptors (Lipinski definition) is 3. The van der Waals surface area contributed by atoms with E-state index < -0.39 is 9.84 Å². The summed E-state index contributed by atoms with van der Waals surface area (Å²) in [6, 6.07) is 0. The minimum atomic E-state index is -2.77. The Balaban J connectivity index is 2.47. The van der Waals surface area contributed by atoms with E-state index in [1.54, 1.807) is 0 Å². The predicted octanol–water partition coefficient (Wildman–Crippen LogP) is 0.194. The first-order chi connectivity index (χ1) is 5.14. The molecule has 1 rings (SSSR count). The second-order valence-electron chi connectivity index (χ2n) is 3.13. The zero-order valence-corrected chi connectivity index (χ0v) is 7.31. The Bertz CT molecular complexity index is 206. The first kappa shape index (κ1) is 9.00. The smallest absolute Gasteiger partial charge is 0.150 e. The zero-order valence-electron chi connectivity index (χ0n) is 6.49. The average molecular weight is 178 g/mol. The lowest BCUT2D eigenvalue weighted by Crippen LogP contribution is -2.25. The molecule has 0 aromatic carbocycles. The van der Waals surface area contributed by atoms with Crippen LogP contribution in [0.2, 0.25) is 0 Å². The molecule has 0 spiro atoms. The van der Waals surface area contributed by atoms with Gasteiger partial charge in [-0.25, -0.2) is 8.42 Å². The van der Waals surface area contributed by atoms with Gasteiger partial charge in [-0.3, -0.25) is 0 Å². The molecule has 1 atom stereocenters. The molecule has 0 aromatic heterocycles. The predicted molar refractivity (Wildman–Crippen MR) is 43.1 cm³/mol. The molecule has 1 N–H and O–H groups in total. The van der Waals surface area contributed by atoms with Crippen LogP contribution < -0.4 is 0 Å². The highest BCUT2D eigenvalue weighted by Gasteiger charge is 2.23. The SMILES string of the molecule is O=S1(=O)CCCC(CCO)C1. The fraction of sp³-hybridized carbons (Fsp3) is 1.00. The highest BCUT2D eigenvalue weighted by molar-refractivity contribution is 7.91. The molecule has 0 bridgehead atoms. The highest BCUT2D eigenvalue weighted by Crippen LogP contribution is 2.20. The highest BCUT2D eigenvalue weighted by atomic mass is 32.2. The van der Waals surface area contributed by atoms with Crippen LogP contribution in [0.4, 0.5) is 0 Å². The Morgan fingerprint density at radius 3 is 2.73 bits per heavy atom. The molecule has 0 radical (unpaired) electrons. The van der Waals surface area contributed by atoms with Gasteiger partial charge in [0.15, 0.2) is 9.84 Å². The van der Waals surface area contributed by atoms with Crippen LogP contribution in [0.15, 0.2) is 0 Å². The van der Waals surface area contributed by atoms with Crippen molar-refractivity contribution in [2.24, 2.45) is 5.92 Å². The van der Waals surface area contributed by atoms with Gasteiger partial charge in [-0.2, -0.15) is 0 Å². The van der Waals surface area contributed by atoms with E-state index in [0.29, 0.717) is 12.2 Å². The number of sulfone groups is 1. The molecule has 1 saturated heterocycles. The van der Waals surface area contributed by atoms with Gasteiger partial charge in [0.1, 0.15) is 0 Å². The summed E-state index contributed by atoms with van der Waals surface area (Å²) in [5.74, 6) is 0.835. The Morgan fingerprint density at radius 2 is 2.18 bits per heavy atom. The lowest BCUT2D eigenvalue weighted by atomic mass is 10.0. The monoisotopic (exact) mass is 178 g/mol. The maximum absolute atomic E-state index is 11.1. The summed E-state index contributed by atoms with van der Waals surface area (Å²) in [6.45, 7) is 0.111. The quantitative estimate of drug-likeness (QED) is 0.657. The van der Waals surface area contributed by atoms with Crippen LogP contribution in [-0.4, -0.2) is 31.6 Å². The standard InChI is InChI=1S/C7H14O3S/c8-4-3-7-2-1-5-11(9,10)6-7/h7-8H,1-6H2. The Kier molecular flexibility index (Phi) is 2.90. The molecular weight excluding hydrogens is 164 g/mol. The maximum atomic E-state index is 11.1. The van der Waals surface area contributed by atoms with Gasteiger partial charge < -0.3 is 5.11 Å². The van der Waals surface area contributed by atoms with Crippen LogP contribution in [0, 0.1) is 5.92 Å². The van der Waals surface area contributed by atoms with Crippen molar-refractivity contribution in [3.8, 4) is 0 Å². The molecule has 0 aliphatic carbocycles. The number of hydrogen-bond donors (Lipinski definition) is 1. The Labute approximate surface area is 67.3 Å². The second-order valence-corrected chi connectivity index (χ2v) is 5.36. The number of rotatable bonds is 2. The van der Waals surface area contributed by atoms with Crippen molar-refractivity contribution in [3.05, 3.63) is 0 Å². The van der Waals surface area contributed by atoms with Crippen LogP contribution in [0.25, 0.3) is 0 Å². The molecule has 0 saturated carbocycles. The van der Waals surface area contributed by atoms with Crippen molar-refractivity contribution in [2.75, 3.05) is 18.1 Å². The molecule has 0 aromatic rings. The maximum Gasteiger partial charge on any atom is 0.150 e. The van der Waals surface area contributed by atoms with Crippen molar-refractivity contribution in [2.45, 2.75) is 19.3 Å². The molecule has 0 amide bonds. The van der Waals surface area contributed by atoms with E-state index in [2.05, 4.69) is 0 Å². The van der Waals surface area contributed by atoms with Crippen LogP contribution in [0.3, 0.4) is 0 Å². The van der Waals surface area contributed by atoms with Crippen molar-refractivity contribution >= 4 is 9.84 Å². The lowest BCUT2D eigenvalue weighted by molar-refractivity contribution is 0.257. The topological polar surface area (TPSA) is 54.4 Å². The first-order valence-electron chi connectivity index (χ1n) is 3.95. The van der Waals surface area contributed by atoms with Gasteiger partial charge in [0, 0.05) is 6.61 Å². The molecule has 11 heavy (non-hydrogen) atoms. The lowest BCUT2D eigenvalue weighted by Gasteiger charge is -2.20. The van der Waals surface area contributed by atoms with Gasteiger partial charge in [0.25, 0.3) is 0 Å². The third-order valence-electron chi connectivity index (χ3n) is 2.09. The van der Waals surface area contributed by atoms with E-state index in [-0.39, 0.29) is 18.3 Å². The van der Waals surface area contributed by atoms with E-state index in [0.717, 1.165) is 12.8 Å². The summed E-state index contributed by atoms with van der Waals surface area (Å²) < 4.78 is 22.1. The normalized spacial score (nSPS) is 30.1. The van der Waals surface area contributed by atoms with Gasteiger partial charge in [-0.05, 0) is 25.2 Å². The van der Waals surface area contributed by atoms with Crippen molar-refractivity contribution in [3.63, 3.8) is 0 Å². The van der Waals surface area contributed by atoms with E-state index in [4.69, 9.17) is 5.11 Å². The third-order valence-corrected chi connectivity index (χ3v) is 3.98. The zero-order chi connectivity index (χ0) is 8.32. The summed E-state index contributed by atoms with van der Waals surface area (Å²) in [5, 5.41) is 8.59. The van der Waals surface area contributed by atoms with E-state index in [1.165, 1.54) is 0 Å². The first-order valence-corrected chi connectivity index (χ1v) is 5.77. The summed E-state index contributed by atoms with van der Waals surface area (Å²) >= 11 is 0. The molecule has 1 fully saturated rings. The van der Waals surface area contributed by atoms with E-state index in [1.807, 2.05) is 0 Å². The second kappa shape index (κ2) is 3.54. The molecule has 66 valence electrons. The minimum absolute atomic E-state index is 0.111. The summed E-state index contributed by atoms with van der Waals surface area (Å²) in [7, 11) is -2.77. The van der Waals surface area contributed by atoms with Gasteiger partial charge in [0.2, 0.25) is 0 Å². The molecule has 1 aliphatic heterocycles. The van der Waals surface area contributed by atoms with Gasteiger partial charge in [0.05, 0.1) is 11.5 Å². The van der Waals surface area contributed by atoms with Crippen LogP contribution in [0.1, 0.15) is 19.3 Å². The molecule has 4 heteroatoms. The largest absolute Gasteiger partial charge is 0.396 e. The fourth-order valence-electron chi connectivity index (χ4n) is 1.53. The molecule has 1 heterocycles. The average Bonchev–Trinajstić information content (AvgIpc) is 1.85. The Hall–Kier alpha value is -0.0900. The third kappa shape index (κ3) is 2.79. The molecular formula is C7H14O3S. The van der Waals surface area contributed by atoms with Crippen molar-refractivity contribution in [1.82, 2.24) is 0 Å². The number of aliphatic hydroxyl groups is 1. The van der Waals surface area contributed by atoms with Crippen LogP contribution >= 0.6 is 0 Å². The van der Waals surface area contributed by atoms with Crippen molar-refractivity contribution in [1.29, 1.82) is 0 Å². The van der Waals surface area contributed by atoms with Gasteiger partial charge >= 0.3 is 0 Å². The number of aliphatic hydroxyl groups excluding tert-OH is 1. The summed E-state index contributed by atoms with van der Waals surface area (Å²) in [6.07, 6.45) is 2.37. The molecule has 1 aliphatic rings. The molecule has 1 unspecified atom stereocenters. The van der Waals surface area contributed by atoms with Crippen LogP contribution in [-0.2, 0) is 9.84 Å². The fourth-order valence-corrected chi connectivity index (χ4v) is 3.35. The van der Waals surface area contributed by atoms with Crippen molar-refractivity contribution < 1.29 is 13.5 Å². The molecule has 3 nitrogen and oxygen atoms in total. The van der Waals surface area contributed by atoms with Gasteiger partial charge in [-0.15, -0.1) is 0 Å². The van der Waals surface area contributed by atoms with Crippen LogP contribution in [0.5, 0.6) is 0 Å². The van der Waals surface area contributed by atoms with Gasteiger partial charge in [-0.1, -0.05) is 0 Å². The summed E-state index contributed by atoms with van der Waals surface area (Å²) in [5.41, 5.74) is 0. The summed E-state index contributed by atoms with van der Waals surface area (Å²) in [4.78, 5) is 0. The minimum Gasteiger partial charge on any atom is -0.396 e.